The number of fused-ring (bicyclic) bond motifs is 7. The van der Waals surface area contributed by atoms with Crippen LogP contribution in [0.15, 0.2) is 118 Å². The van der Waals surface area contributed by atoms with E-state index in [0.717, 1.165) is 6.42 Å². The van der Waals surface area contributed by atoms with Crippen molar-refractivity contribution in [1.82, 2.24) is 0 Å². The summed E-state index contributed by atoms with van der Waals surface area (Å²) in [6, 6.07) is 16.5. The molecule has 0 saturated heterocycles. The molecular formula is C37H36S. The molecule has 190 valence electrons. The minimum absolute atomic E-state index is 0.452. The highest BCUT2D eigenvalue weighted by Crippen LogP contribution is 2.54. The fourth-order valence-corrected chi connectivity index (χ4v) is 9.88. The summed E-state index contributed by atoms with van der Waals surface area (Å²) in [4.78, 5) is 1.52. The van der Waals surface area contributed by atoms with Crippen molar-refractivity contribution in [3.05, 3.63) is 124 Å². The summed E-state index contributed by atoms with van der Waals surface area (Å²) in [5.74, 6) is 2.99. The third kappa shape index (κ3) is 3.65. The van der Waals surface area contributed by atoms with E-state index in [2.05, 4.69) is 110 Å². The van der Waals surface area contributed by atoms with Crippen molar-refractivity contribution in [2.75, 3.05) is 0 Å². The molecule has 1 aliphatic heterocycles. The molecule has 38 heavy (non-hydrogen) atoms. The van der Waals surface area contributed by atoms with Crippen LogP contribution in [0.4, 0.5) is 0 Å². The minimum Gasteiger partial charge on any atom is -0.121 e. The summed E-state index contributed by atoms with van der Waals surface area (Å²) in [5, 5.41) is 0.692. The number of hydrogen-bond acceptors (Lipinski definition) is 1. The molecule has 6 atom stereocenters. The van der Waals surface area contributed by atoms with Gasteiger partial charge in [-0.05, 0) is 94.9 Å². The molecule has 0 N–H and O–H groups in total. The van der Waals surface area contributed by atoms with E-state index in [1.807, 2.05) is 0 Å². The normalized spacial score (nSPS) is 32.6. The lowest BCUT2D eigenvalue weighted by atomic mass is 9.63. The summed E-state index contributed by atoms with van der Waals surface area (Å²) >= 11 is 2.13. The number of thioether (sulfide) groups is 1. The average Bonchev–Trinajstić information content (AvgIpc) is 3.35. The van der Waals surface area contributed by atoms with Crippen molar-refractivity contribution in [3.8, 4) is 11.1 Å². The van der Waals surface area contributed by atoms with Crippen LogP contribution in [0, 0.1) is 17.8 Å². The second-order valence-corrected chi connectivity index (χ2v) is 13.5. The zero-order chi connectivity index (χ0) is 25.2. The lowest BCUT2D eigenvalue weighted by molar-refractivity contribution is 0.445. The maximum absolute atomic E-state index is 2.52. The van der Waals surface area contributed by atoms with Crippen LogP contribution in [-0.2, 0) is 0 Å². The van der Waals surface area contributed by atoms with Crippen molar-refractivity contribution in [3.63, 3.8) is 0 Å². The van der Waals surface area contributed by atoms with E-state index in [1.54, 1.807) is 27.9 Å². The molecule has 0 nitrogen and oxygen atoms in total. The van der Waals surface area contributed by atoms with Crippen LogP contribution in [0.3, 0.4) is 0 Å². The predicted octanol–water partition coefficient (Wildman–Crippen LogP) is 10.1. The van der Waals surface area contributed by atoms with E-state index in [0.29, 0.717) is 34.8 Å². The van der Waals surface area contributed by atoms with Gasteiger partial charge in [0.1, 0.15) is 0 Å². The highest BCUT2D eigenvalue weighted by Gasteiger charge is 2.38. The van der Waals surface area contributed by atoms with Crippen LogP contribution in [-0.4, -0.2) is 5.25 Å². The van der Waals surface area contributed by atoms with E-state index >= 15 is 0 Å². The van der Waals surface area contributed by atoms with E-state index in [-0.39, 0.29) is 0 Å². The molecule has 8 rings (SSSR count). The van der Waals surface area contributed by atoms with Gasteiger partial charge in [0.05, 0.1) is 0 Å². The van der Waals surface area contributed by atoms with Crippen LogP contribution in [0.25, 0.3) is 11.1 Å². The summed E-state index contributed by atoms with van der Waals surface area (Å²) in [5.41, 5.74) is 12.5. The quantitative estimate of drug-likeness (QED) is 0.361. The van der Waals surface area contributed by atoms with E-state index in [4.69, 9.17) is 0 Å². The summed E-state index contributed by atoms with van der Waals surface area (Å²) < 4.78 is 0. The van der Waals surface area contributed by atoms with Crippen LogP contribution in [0.5, 0.6) is 0 Å². The van der Waals surface area contributed by atoms with Gasteiger partial charge in [-0.3, -0.25) is 0 Å². The zero-order valence-electron chi connectivity index (χ0n) is 22.3. The monoisotopic (exact) mass is 512 g/mol. The fraction of sp³-hybridized carbons (Fsp3) is 0.351. The number of hydrogen-bond donors (Lipinski definition) is 0. The molecule has 2 aromatic rings. The number of benzene rings is 2. The Bertz CT molecular complexity index is 1490. The molecule has 0 fully saturated rings. The largest absolute Gasteiger partial charge is 0.121 e. The van der Waals surface area contributed by atoms with Gasteiger partial charge in [-0.1, -0.05) is 98.0 Å². The van der Waals surface area contributed by atoms with Crippen molar-refractivity contribution < 1.29 is 0 Å². The van der Waals surface area contributed by atoms with Crippen LogP contribution in [0.1, 0.15) is 68.4 Å². The topological polar surface area (TPSA) is 0 Å². The first-order valence-corrected chi connectivity index (χ1v) is 15.7. The number of rotatable bonds is 2. The van der Waals surface area contributed by atoms with Crippen molar-refractivity contribution >= 4 is 11.8 Å². The highest BCUT2D eigenvalue weighted by atomic mass is 32.2. The third-order valence-electron chi connectivity index (χ3n) is 9.98. The Kier molecular flexibility index (Phi) is 5.58. The van der Waals surface area contributed by atoms with Gasteiger partial charge in [0, 0.05) is 27.9 Å². The SMILES string of the molecule is CC1C=CC2c3cccc(-c4cccc(C5C=CC6=C(C5)C5=C(C=CCC5)C5CCC=CC65)c4)c3SC2C1. The van der Waals surface area contributed by atoms with E-state index < -0.39 is 0 Å². The van der Waals surface area contributed by atoms with Crippen molar-refractivity contribution in [2.45, 2.75) is 67.4 Å². The molecule has 0 amide bonds. The molecular weight excluding hydrogens is 476 g/mol. The molecule has 5 aliphatic carbocycles. The first kappa shape index (κ1) is 23.1. The van der Waals surface area contributed by atoms with Crippen molar-refractivity contribution in [1.29, 1.82) is 0 Å². The van der Waals surface area contributed by atoms with Gasteiger partial charge >= 0.3 is 0 Å². The molecule has 0 bridgehead atoms. The van der Waals surface area contributed by atoms with Gasteiger partial charge in [0.2, 0.25) is 0 Å². The Morgan fingerprint density at radius 1 is 0.816 bits per heavy atom. The highest BCUT2D eigenvalue weighted by molar-refractivity contribution is 8.00. The first-order valence-electron chi connectivity index (χ1n) is 14.8. The Balaban J connectivity index is 1.13. The zero-order valence-corrected chi connectivity index (χ0v) is 23.1. The molecule has 0 radical (unpaired) electrons. The second-order valence-electron chi connectivity index (χ2n) is 12.2. The Morgan fingerprint density at radius 2 is 1.76 bits per heavy atom. The smallest absolute Gasteiger partial charge is 0.0204 e. The maximum atomic E-state index is 2.52. The summed E-state index contributed by atoms with van der Waals surface area (Å²) in [6.45, 7) is 2.36. The Labute approximate surface area is 232 Å². The third-order valence-corrected chi connectivity index (χ3v) is 11.5. The first-order chi connectivity index (χ1) is 18.7. The molecule has 6 aliphatic rings. The second kappa shape index (κ2) is 9.16. The van der Waals surface area contributed by atoms with Gasteiger partial charge in [-0.2, -0.15) is 0 Å². The molecule has 2 aromatic carbocycles. The van der Waals surface area contributed by atoms with Crippen LogP contribution < -0.4 is 0 Å². The standard InChI is InChI=1S/C37H36S/c1-23-16-18-33-34-15-7-14-27(37(34)38-36(33)20-23)26-9-6-8-24(21-26)25-17-19-32-30-12-3-2-10-28(30)29-11-4-5-13-31(29)35(32)22-25/h3-4,6-9,11-12,14-19,21,23,25,28,30,33,36H,2,5,10,13,20,22H2,1H3. The molecule has 6 unspecified atom stereocenters. The fourth-order valence-electron chi connectivity index (χ4n) is 8.14. The van der Waals surface area contributed by atoms with Gasteiger partial charge in [0.25, 0.3) is 0 Å². The van der Waals surface area contributed by atoms with Gasteiger partial charge < -0.3 is 0 Å². The lowest BCUT2D eigenvalue weighted by Crippen LogP contribution is -2.28. The van der Waals surface area contributed by atoms with Crippen molar-refractivity contribution in [2.24, 2.45) is 17.8 Å². The van der Waals surface area contributed by atoms with Crippen LogP contribution >= 0.6 is 11.8 Å². The number of allylic oxidation sites excluding steroid dienone is 12. The Morgan fingerprint density at radius 3 is 2.74 bits per heavy atom. The van der Waals surface area contributed by atoms with E-state index in [1.165, 1.54) is 53.7 Å². The molecule has 1 heteroatoms. The lowest BCUT2D eigenvalue weighted by Gasteiger charge is -2.41. The summed E-state index contributed by atoms with van der Waals surface area (Å²) in [6.07, 6.45) is 27.2. The molecule has 1 heterocycles. The minimum atomic E-state index is 0.452. The molecule has 0 saturated carbocycles. The van der Waals surface area contributed by atoms with Gasteiger partial charge in [0.15, 0.2) is 0 Å². The predicted molar refractivity (Wildman–Crippen MR) is 161 cm³/mol. The van der Waals surface area contributed by atoms with Gasteiger partial charge in [-0.25, -0.2) is 0 Å². The van der Waals surface area contributed by atoms with Crippen LogP contribution in [0.2, 0.25) is 0 Å². The average molecular weight is 513 g/mol. The van der Waals surface area contributed by atoms with Gasteiger partial charge in [-0.15, -0.1) is 11.8 Å². The molecule has 0 aromatic heterocycles. The summed E-state index contributed by atoms with van der Waals surface area (Å²) in [7, 11) is 0. The van der Waals surface area contributed by atoms with E-state index in [9.17, 15) is 0 Å². The molecule has 0 spiro atoms. The Hall–Kier alpha value is -2.77. The maximum Gasteiger partial charge on any atom is 0.0204 e.